The highest BCUT2D eigenvalue weighted by atomic mass is 32.2. The molecule has 0 aliphatic heterocycles. The van der Waals surface area contributed by atoms with Crippen molar-refractivity contribution in [2.24, 2.45) is 0 Å². The summed E-state index contributed by atoms with van der Waals surface area (Å²) in [5.41, 5.74) is 0.680. The van der Waals surface area contributed by atoms with Crippen molar-refractivity contribution in [3.05, 3.63) is 77.6 Å². The van der Waals surface area contributed by atoms with Gasteiger partial charge in [-0.3, -0.25) is 0 Å². The quantitative estimate of drug-likeness (QED) is 0.728. The fourth-order valence-electron chi connectivity index (χ4n) is 2.41. The van der Waals surface area contributed by atoms with Crippen molar-refractivity contribution in [3.63, 3.8) is 0 Å². The lowest BCUT2D eigenvalue weighted by Gasteiger charge is -2.10. The molecule has 7 heteroatoms. The highest BCUT2D eigenvalue weighted by molar-refractivity contribution is 7.89. The predicted molar refractivity (Wildman–Crippen MR) is 84.3 cm³/mol. The number of fused-ring (bicyclic) bond motifs is 1. The molecule has 0 heterocycles. The van der Waals surface area contributed by atoms with E-state index in [1.165, 1.54) is 0 Å². The van der Waals surface area contributed by atoms with Crippen LogP contribution in [0.5, 0.6) is 0 Å². The van der Waals surface area contributed by atoms with Crippen LogP contribution < -0.4 is 4.72 Å². The van der Waals surface area contributed by atoms with Crippen molar-refractivity contribution < 1.29 is 21.6 Å². The number of hydrogen-bond donors (Lipinski definition) is 1. The van der Waals surface area contributed by atoms with Crippen molar-refractivity contribution >= 4 is 20.8 Å². The second-order valence-electron chi connectivity index (χ2n) is 5.14. The van der Waals surface area contributed by atoms with Gasteiger partial charge in [-0.05, 0) is 28.5 Å². The maximum absolute atomic E-state index is 13.7. The first-order valence-electron chi connectivity index (χ1n) is 7.00. The van der Waals surface area contributed by atoms with E-state index in [0.29, 0.717) is 17.7 Å². The van der Waals surface area contributed by atoms with Crippen LogP contribution in [0, 0.1) is 17.5 Å². The van der Waals surface area contributed by atoms with Gasteiger partial charge < -0.3 is 0 Å². The van der Waals surface area contributed by atoms with Crippen LogP contribution in [0.4, 0.5) is 13.2 Å². The summed E-state index contributed by atoms with van der Waals surface area (Å²) in [6.07, 6.45) is 0. The van der Waals surface area contributed by atoms with E-state index in [-0.39, 0.29) is 6.54 Å². The fourth-order valence-corrected chi connectivity index (χ4v) is 3.49. The van der Waals surface area contributed by atoms with Gasteiger partial charge in [-0.15, -0.1) is 0 Å². The lowest BCUT2D eigenvalue weighted by Crippen LogP contribution is -2.24. The average Bonchev–Trinajstić information content (AvgIpc) is 2.57. The summed E-state index contributed by atoms with van der Waals surface area (Å²) in [4.78, 5) is -0.929. The van der Waals surface area contributed by atoms with Gasteiger partial charge in [0.2, 0.25) is 10.0 Å². The van der Waals surface area contributed by atoms with Crippen LogP contribution >= 0.6 is 0 Å². The Morgan fingerprint density at radius 1 is 0.833 bits per heavy atom. The topological polar surface area (TPSA) is 46.2 Å². The molecule has 124 valence electrons. The molecule has 0 atom stereocenters. The molecule has 0 aliphatic carbocycles. The van der Waals surface area contributed by atoms with Crippen LogP contribution in [0.25, 0.3) is 10.8 Å². The maximum Gasteiger partial charge on any atom is 0.243 e. The van der Waals surface area contributed by atoms with Crippen LogP contribution in [0.15, 0.2) is 59.5 Å². The summed E-state index contributed by atoms with van der Waals surface area (Å²) >= 11 is 0. The molecule has 24 heavy (non-hydrogen) atoms. The summed E-state index contributed by atoms with van der Waals surface area (Å²) in [7, 11) is -4.33. The zero-order chi connectivity index (χ0) is 17.3. The lowest BCUT2D eigenvalue weighted by atomic mass is 10.1. The highest BCUT2D eigenvalue weighted by Crippen LogP contribution is 2.21. The van der Waals surface area contributed by atoms with E-state index in [9.17, 15) is 21.6 Å². The SMILES string of the molecule is O=S(=O)(NCc1cccc2ccccc12)c1ccc(F)c(F)c1F. The van der Waals surface area contributed by atoms with Crippen molar-refractivity contribution in [1.82, 2.24) is 4.72 Å². The zero-order valence-electron chi connectivity index (χ0n) is 12.3. The fraction of sp³-hybridized carbons (Fsp3) is 0.0588. The largest absolute Gasteiger partial charge is 0.243 e. The standard InChI is InChI=1S/C17H12F3NO2S/c18-14-8-9-15(17(20)16(14)19)24(22,23)21-10-12-6-3-5-11-4-1-2-7-13(11)12/h1-9,21H,10H2. The van der Waals surface area contributed by atoms with E-state index in [0.717, 1.165) is 10.8 Å². The van der Waals surface area contributed by atoms with Gasteiger partial charge in [-0.2, -0.15) is 0 Å². The normalized spacial score (nSPS) is 11.8. The van der Waals surface area contributed by atoms with E-state index < -0.39 is 32.4 Å². The minimum absolute atomic E-state index is 0.109. The average molecular weight is 351 g/mol. The third-order valence-electron chi connectivity index (χ3n) is 3.62. The number of nitrogens with one attached hydrogen (secondary N) is 1. The first-order chi connectivity index (χ1) is 11.4. The number of hydrogen-bond acceptors (Lipinski definition) is 2. The summed E-state index contributed by atoms with van der Waals surface area (Å²) in [5.74, 6) is -5.00. The molecule has 0 unspecified atom stereocenters. The molecule has 0 aromatic heterocycles. The Labute approximate surface area is 136 Å². The number of halogens is 3. The van der Waals surface area contributed by atoms with Gasteiger partial charge in [-0.1, -0.05) is 42.5 Å². The molecule has 0 radical (unpaired) electrons. The Hall–Kier alpha value is -2.38. The Balaban J connectivity index is 1.92. The van der Waals surface area contributed by atoms with Gasteiger partial charge >= 0.3 is 0 Å². The first kappa shape index (κ1) is 16.5. The molecule has 0 saturated carbocycles. The molecule has 0 fully saturated rings. The second-order valence-corrected chi connectivity index (χ2v) is 6.87. The maximum atomic E-state index is 13.7. The molecule has 0 amide bonds. The molecule has 0 bridgehead atoms. The Bertz CT molecular complexity index is 1010. The molecular formula is C17H12F3NO2S. The number of rotatable bonds is 4. The van der Waals surface area contributed by atoms with Crippen LogP contribution in [0.3, 0.4) is 0 Å². The van der Waals surface area contributed by atoms with Crippen molar-refractivity contribution in [1.29, 1.82) is 0 Å². The third-order valence-corrected chi connectivity index (χ3v) is 5.04. The monoisotopic (exact) mass is 351 g/mol. The van der Waals surface area contributed by atoms with Crippen molar-refractivity contribution in [2.75, 3.05) is 0 Å². The minimum atomic E-state index is -4.33. The van der Waals surface area contributed by atoms with E-state index in [2.05, 4.69) is 4.72 Å². The smallest absolute Gasteiger partial charge is 0.207 e. The summed E-state index contributed by atoms with van der Waals surface area (Å²) in [6.45, 7) is -0.109. The van der Waals surface area contributed by atoms with Crippen LogP contribution in [-0.2, 0) is 16.6 Å². The van der Waals surface area contributed by atoms with Crippen molar-refractivity contribution in [2.45, 2.75) is 11.4 Å². The van der Waals surface area contributed by atoms with Gasteiger partial charge in [0.25, 0.3) is 0 Å². The lowest BCUT2D eigenvalue weighted by molar-refractivity contribution is 0.431. The Kier molecular flexibility index (Phi) is 4.29. The highest BCUT2D eigenvalue weighted by Gasteiger charge is 2.23. The van der Waals surface area contributed by atoms with E-state index in [1.807, 2.05) is 30.3 Å². The summed E-state index contributed by atoms with van der Waals surface area (Å²) in [6, 6.07) is 14.0. The molecule has 0 aliphatic rings. The van der Waals surface area contributed by atoms with Gasteiger partial charge in [0.1, 0.15) is 4.90 Å². The van der Waals surface area contributed by atoms with Crippen molar-refractivity contribution in [3.8, 4) is 0 Å². The van der Waals surface area contributed by atoms with Gasteiger partial charge in [0.15, 0.2) is 17.5 Å². The van der Waals surface area contributed by atoms with E-state index in [4.69, 9.17) is 0 Å². The first-order valence-corrected chi connectivity index (χ1v) is 8.48. The Morgan fingerprint density at radius 2 is 1.54 bits per heavy atom. The van der Waals surface area contributed by atoms with Gasteiger partial charge in [0, 0.05) is 6.54 Å². The summed E-state index contributed by atoms with van der Waals surface area (Å²) in [5, 5.41) is 1.77. The van der Waals surface area contributed by atoms with Gasteiger partial charge in [0.05, 0.1) is 0 Å². The molecule has 3 rings (SSSR count). The number of benzene rings is 3. The van der Waals surface area contributed by atoms with E-state index in [1.54, 1.807) is 12.1 Å². The molecule has 0 saturated heterocycles. The molecule has 1 N–H and O–H groups in total. The molecule has 3 aromatic carbocycles. The minimum Gasteiger partial charge on any atom is -0.207 e. The Morgan fingerprint density at radius 3 is 2.33 bits per heavy atom. The molecule has 3 nitrogen and oxygen atoms in total. The molecule has 3 aromatic rings. The second kappa shape index (κ2) is 6.26. The molecular weight excluding hydrogens is 339 g/mol. The van der Waals surface area contributed by atoms with E-state index >= 15 is 0 Å². The zero-order valence-corrected chi connectivity index (χ0v) is 13.1. The summed E-state index contributed by atoms with van der Waals surface area (Å²) < 4.78 is 66.5. The number of sulfonamides is 1. The van der Waals surface area contributed by atoms with Crippen LogP contribution in [0.1, 0.15) is 5.56 Å². The van der Waals surface area contributed by atoms with Crippen LogP contribution in [0.2, 0.25) is 0 Å². The van der Waals surface area contributed by atoms with Gasteiger partial charge in [-0.25, -0.2) is 26.3 Å². The molecule has 0 spiro atoms. The predicted octanol–water partition coefficient (Wildman–Crippen LogP) is 3.74. The van der Waals surface area contributed by atoms with Crippen LogP contribution in [-0.4, -0.2) is 8.42 Å². The third kappa shape index (κ3) is 3.00.